The fourth-order valence-electron chi connectivity index (χ4n) is 1.88. The summed E-state index contributed by atoms with van der Waals surface area (Å²) < 4.78 is 0. The minimum Gasteiger partial charge on any atom is -0.507 e. The van der Waals surface area contributed by atoms with Crippen molar-refractivity contribution in [3.05, 3.63) is 53.1 Å². The Morgan fingerprint density at radius 1 is 1.23 bits per heavy atom. The molecule has 2 aromatic carbocycles. The molecule has 114 valence electrons. The number of benzene rings is 2. The number of hydrogen-bond donors (Lipinski definition) is 3. The van der Waals surface area contributed by atoms with Crippen LogP contribution in [0.4, 0.5) is 11.4 Å². The maximum Gasteiger partial charge on any atom is 0.259 e. The van der Waals surface area contributed by atoms with Crippen LogP contribution < -0.4 is 11.1 Å². The summed E-state index contributed by atoms with van der Waals surface area (Å²) in [6.07, 6.45) is 4.60. The molecular weight excluding hydrogens is 276 g/mol. The van der Waals surface area contributed by atoms with Gasteiger partial charge in [0.1, 0.15) is 5.75 Å². The Kier molecular flexibility index (Phi) is 6.03. The van der Waals surface area contributed by atoms with Gasteiger partial charge in [-0.1, -0.05) is 17.7 Å². The number of amides is 1. The molecule has 4 heteroatoms. The van der Waals surface area contributed by atoms with E-state index < -0.39 is 0 Å². The average Bonchev–Trinajstić information content (AvgIpc) is 2.45. The third-order valence-electron chi connectivity index (χ3n) is 2.90. The Balaban J connectivity index is 0.000000745. The highest BCUT2D eigenvalue weighted by molar-refractivity contribution is 6.07. The van der Waals surface area contributed by atoms with Crippen molar-refractivity contribution < 1.29 is 9.90 Å². The SMILES string of the molecule is C#CC.Cc1ccc(NC(=O)c2cc(N)ccc2O)c(C)c1. The molecule has 0 saturated carbocycles. The lowest BCUT2D eigenvalue weighted by Gasteiger charge is -2.10. The monoisotopic (exact) mass is 296 g/mol. The van der Waals surface area contributed by atoms with Crippen molar-refractivity contribution >= 4 is 17.3 Å². The molecule has 0 atom stereocenters. The topological polar surface area (TPSA) is 75.4 Å². The molecule has 2 rings (SSSR count). The Morgan fingerprint density at radius 3 is 2.45 bits per heavy atom. The zero-order chi connectivity index (χ0) is 16.7. The number of aryl methyl sites for hydroxylation is 2. The molecule has 0 fully saturated rings. The Hall–Kier alpha value is -2.93. The van der Waals surface area contributed by atoms with Crippen LogP contribution in [0, 0.1) is 26.2 Å². The van der Waals surface area contributed by atoms with E-state index in [1.54, 1.807) is 13.0 Å². The van der Waals surface area contributed by atoms with Gasteiger partial charge in [0.05, 0.1) is 5.56 Å². The smallest absolute Gasteiger partial charge is 0.259 e. The molecule has 22 heavy (non-hydrogen) atoms. The van der Waals surface area contributed by atoms with Crippen molar-refractivity contribution in [3.8, 4) is 18.1 Å². The van der Waals surface area contributed by atoms with Crippen molar-refractivity contribution in [3.63, 3.8) is 0 Å². The van der Waals surface area contributed by atoms with E-state index in [4.69, 9.17) is 5.73 Å². The number of carbonyl (C=O) groups excluding carboxylic acids is 1. The maximum absolute atomic E-state index is 12.1. The molecule has 0 bridgehead atoms. The highest BCUT2D eigenvalue weighted by atomic mass is 16.3. The van der Waals surface area contributed by atoms with Crippen molar-refractivity contribution in [2.24, 2.45) is 0 Å². The average molecular weight is 296 g/mol. The van der Waals surface area contributed by atoms with E-state index in [2.05, 4.69) is 17.7 Å². The summed E-state index contributed by atoms with van der Waals surface area (Å²) in [5.74, 6) is 1.79. The van der Waals surface area contributed by atoms with Gasteiger partial charge in [-0.15, -0.1) is 12.3 Å². The maximum atomic E-state index is 12.1. The number of nitrogens with one attached hydrogen (secondary N) is 1. The van der Waals surface area contributed by atoms with Gasteiger partial charge in [0.25, 0.3) is 5.91 Å². The first-order valence-corrected chi connectivity index (χ1v) is 6.73. The summed E-state index contributed by atoms with van der Waals surface area (Å²) in [7, 11) is 0. The van der Waals surface area contributed by atoms with Crippen molar-refractivity contribution in [1.29, 1.82) is 0 Å². The van der Waals surface area contributed by atoms with E-state index in [0.717, 1.165) is 16.8 Å². The van der Waals surface area contributed by atoms with Crippen LogP contribution in [0.3, 0.4) is 0 Å². The first-order valence-electron chi connectivity index (χ1n) is 6.73. The number of nitrogen functional groups attached to an aromatic ring is 1. The molecule has 0 unspecified atom stereocenters. The van der Waals surface area contributed by atoms with E-state index in [1.807, 2.05) is 32.0 Å². The summed E-state index contributed by atoms with van der Waals surface area (Å²) in [5.41, 5.74) is 9.03. The number of carbonyl (C=O) groups is 1. The predicted molar refractivity (Wildman–Crippen MR) is 90.9 cm³/mol. The summed E-state index contributed by atoms with van der Waals surface area (Å²) >= 11 is 0. The molecular formula is C18H20N2O2. The van der Waals surface area contributed by atoms with Crippen LogP contribution in [0.25, 0.3) is 0 Å². The van der Waals surface area contributed by atoms with Crippen LogP contribution in [0.1, 0.15) is 28.4 Å². The number of nitrogens with two attached hydrogens (primary N) is 1. The van der Waals surface area contributed by atoms with Gasteiger partial charge in [-0.25, -0.2) is 0 Å². The van der Waals surface area contributed by atoms with Gasteiger partial charge in [-0.3, -0.25) is 4.79 Å². The largest absolute Gasteiger partial charge is 0.507 e. The Morgan fingerprint density at radius 2 is 1.86 bits per heavy atom. The lowest BCUT2D eigenvalue weighted by molar-refractivity contribution is 0.102. The number of aromatic hydroxyl groups is 1. The van der Waals surface area contributed by atoms with Crippen LogP contribution >= 0.6 is 0 Å². The minimum absolute atomic E-state index is 0.0866. The molecule has 4 nitrogen and oxygen atoms in total. The molecule has 4 N–H and O–H groups in total. The van der Waals surface area contributed by atoms with Gasteiger partial charge in [0, 0.05) is 11.4 Å². The van der Waals surface area contributed by atoms with Crippen LogP contribution in [0.5, 0.6) is 5.75 Å². The minimum atomic E-state index is -0.378. The number of anilines is 2. The lowest BCUT2D eigenvalue weighted by Crippen LogP contribution is -2.13. The molecule has 0 heterocycles. The first-order chi connectivity index (χ1) is 10.4. The molecule has 0 aliphatic rings. The van der Waals surface area contributed by atoms with Crippen LogP contribution in [-0.2, 0) is 0 Å². The van der Waals surface area contributed by atoms with Gasteiger partial charge in [-0.2, -0.15) is 0 Å². The van der Waals surface area contributed by atoms with E-state index in [-0.39, 0.29) is 17.2 Å². The second kappa shape index (κ2) is 7.75. The van der Waals surface area contributed by atoms with Crippen LogP contribution in [-0.4, -0.2) is 11.0 Å². The van der Waals surface area contributed by atoms with Crippen molar-refractivity contribution in [2.45, 2.75) is 20.8 Å². The third kappa shape index (κ3) is 4.57. The van der Waals surface area contributed by atoms with Gasteiger partial charge >= 0.3 is 0 Å². The lowest BCUT2D eigenvalue weighted by atomic mass is 10.1. The van der Waals surface area contributed by atoms with Gasteiger partial charge in [0.15, 0.2) is 0 Å². The zero-order valence-electron chi connectivity index (χ0n) is 13.0. The van der Waals surface area contributed by atoms with E-state index in [1.165, 1.54) is 12.1 Å². The quantitative estimate of drug-likeness (QED) is 0.451. The van der Waals surface area contributed by atoms with E-state index in [0.29, 0.717) is 5.69 Å². The standard InChI is InChI=1S/C15H16N2O2.C3H4/c1-9-3-5-13(10(2)7-9)17-15(19)12-8-11(16)4-6-14(12)18;1-3-2/h3-8,18H,16H2,1-2H3,(H,17,19);1H,2H3. The number of phenols is 1. The van der Waals surface area contributed by atoms with Crippen LogP contribution in [0.2, 0.25) is 0 Å². The number of hydrogen-bond acceptors (Lipinski definition) is 3. The predicted octanol–water partition coefficient (Wildman–Crippen LogP) is 3.48. The number of rotatable bonds is 2. The molecule has 0 aliphatic carbocycles. The first kappa shape index (κ1) is 17.1. The Bertz CT molecular complexity index is 716. The fraction of sp³-hybridized carbons (Fsp3) is 0.167. The molecule has 0 aromatic heterocycles. The second-order valence-corrected chi connectivity index (χ2v) is 4.84. The fourth-order valence-corrected chi connectivity index (χ4v) is 1.88. The van der Waals surface area contributed by atoms with E-state index in [9.17, 15) is 9.90 Å². The van der Waals surface area contributed by atoms with Gasteiger partial charge in [0.2, 0.25) is 0 Å². The molecule has 0 saturated heterocycles. The highest BCUT2D eigenvalue weighted by Gasteiger charge is 2.12. The summed E-state index contributed by atoms with van der Waals surface area (Å²) in [6.45, 7) is 5.56. The van der Waals surface area contributed by atoms with Crippen molar-refractivity contribution in [1.82, 2.24) is 0 Å². The normalized spacial score (nSPS) is 9.18. The number of phenolic OH excluding ortho intramolecular Hbond substituents is 1. The molecule has 0 radical (unpaired) electrons. The van der Waals surface area contributed by atoms with Gasteiger partial charge < -0.3 is 16.2 Å². The van der Waals surface area contributed by atoms with Gasteiger partial charge in [-0.05, 0) is 50.6 Å². The van der Waals surface area contributed by atoms with Crippen molar-refractivity contribution in [2.75, 3.05) is 11.1 Å². The van der Waals surface area contributed by atoms with E-state index >= 15 is 0 Å². The molecule has 0 spiro atoms. The molecule has 0 aliphatic heterocycles. The Labute approximate surface area is 131 Å². The highest BCUT2D eigenvalue weighted by Crippen LogP contribution is 2.22. The summed E-state index contributed by atoms with van der Waals surface area (Å²) in [4.78, 5) is 12.1. The molecule has 1 amide bonds. The third-order valence-corrected chi connectivity index (χ3v) is 2.90. The number of terminal acetylenes is 1. The zero-order valence-corrected chi connectivity index (χ0v) is 13.0. The molecule has 2 aromatic rings. The van der Waals surface area contributed by atoms with Crippen LogP contribution in [0.15, 0.2) is 36.4 Å². The second-order valence-electron chi connectivity index (χ2n) is 4.84. The summed E-state index contributed by atoms with van der Waals surface area (Å²) in [5, 5.41) is 12.4. The summed E-state index contributed by atoms with van der Waals surface area (Å²) in [6, 6.07) is 10.1.